The van der Waals surface area contributed by atoms with Gasteiger partial charge < -0.3 is 28.3 Å². The molecule has 1 aromatic carbocycles. The zero-order chi connectivity index (χ0) is 17.4. The number of hydrogen-bond donors (Lipinski definition) is 0. The fourth-order valence-electron chi connectivity index (χ4n) is 2.59. The van der Waals surface area contributed by atoms with Gasteiger partial charge in [-0.05, 0) is 45.3 Å². The summed E-state index contributed by atoms with van der Waals surface area (Å²) in [5, 5.41) is 0. The molecule has 0 bridgehead atoms. The van der Waals surface area contributed by atoms with Gasteiger partial charge in [-0.3, -0.25) is 0 Å². The first-order valence-electron chi connectivity index (χ1n) is 8.22. The van der Waals surface area contributed by atoms with Crippen LogP contribution in [0.3, 0.4) is 0 Å². The van der Waals surface area contributed by atoms with Gasteiger partial charge in [0, 0.05) is 0 Å². The molecule has 0 amide bonds. The second kappa shape index (κ2) is 6.56. The quantitative estimate of drug-likeness (QED) is 0.764. The zero-order valence-corrected chi connectivity index (χ0v) is 15.0. The monoisotopic (exact) mass is 336 g/mol. The minimum absolute atomic E-state index is 0.322. The van der Waals surface area contributed by atoms with E-state index >= 15 is 0 Å². The van der Waals surface area contributed by atoms with Crippen molar-refractivity contribution in [3.05, 3.63) is 18.2 Å². The van der Waals surface area contributed by atoms with Gasteiger partial charge in [-0.1, -0.05) is 6.07 Å². The number of ether oxygens (including phenoxy) is 4. The van der Waals surface area contributed by atoms with E-state index in [0.29, 0.717) is 31.3 Å². The maximum Gasteiger partial charge on any atom is 0.494 e. The Morgan fingerprint density at radius 2 is 1.67 bits per heavy atom. The Hall–Kier alpha value is -1.28. The van der Waals surface area contributed by atoms with E-state index in [2.05, 4.69) is 0 Å². The van der Waals surface area contributed by atoms with Crippen molar-refractivity contribution in [1.29, 1.82) is 0 Å². The van der Waals surface area contributed by atoms with Crippen LogP contribution in [0.4, 0.5) is 0 Å². The summed E-state index contributed by atoms with van der Waals surface area (Å²) in [5.74, 6) is 1.26. The van der Waals surface area contributed by atoms with Gasteiger partial charge in [0.05, 0.1) is 31.5 Å². The van der Waals surface area contributed by atoms with Crippen LogP contribution >= 0.6 is 0 Å². The molecule has 2 heterocycles. The third kappa shape index (κ3) is 3.40. The molecule has 0 unspecified atom stereocenters. The molecule has 6 nitrogen and oxygen atoms in total. The Bertz CT molecular complexity index is 566. The lowest BCUT2D eigenvalue weighted by molar-refractivity contribution is -0.0687. The van der Waals surface area contributed by atoms with Crippen LogP contribution in [-0.4, -0.2) is 51.5 Å². The molecule has 0 aliphatic carbocycles. The standard InChI is InChI=1S/C17H25BO6/c1-16(2)17(3,4)24-18(23-16)12-6-7-13(14(10-12)19-5)22-11-15-20-8-9-21-15/h6-7,10,15H,8-9,11H2,1-5H3. The molecule has 2 saturated heterocycles. The highest BCUT2D eigenvalue weighted by Gasteiger charge is 2.51. The van der Waals surface area contributed by atoms with E-state index in [1.807, 2.05) is 45.9 Å². The number of hydrogen-bond acceptors (Lipinski definition) is 6. The lowest BCUT2D eigenvalue weighted by Gasteiger charge is -2.32. The maximum atomic E-state index is 6.07. The molecule has 2 aliphatic rings. The summed E-state index contributed by atoms with van der Waals surface area (Å²) in [6.07, 6.45) is -0.322. The first kappa shape index (κ1) is 17.5. The summed E-state index contributed by atoms with van der Waals surface area (Å²) in [6.45, 7) is 9.66. The molecule has 0 saturated carbocycles. The lowest BCUT2D eigenvalue weighted by Crippen LogP contribution is -2.41. The molecular weight excluding hydrogens is 311 g/mol. The van der Waals surface area contributed by atoms with Crippen molar-refractivity contribution in [3.8, 4) is 11.5 Å². The molecule has 0 N–H and O–H groups in total. The van der Waals surface area contributed by atoms with Crippen molar-refractivity contribution < 1.29 is 28.3 Å². The number of methoxy groups -OCH3 is 1. The number of benzene rings is 1. The van der Waals surface area contributed by atoms with Gasteiger partial charge >= 0.3 is 7.12 Å². The summed E-state index contributed by atoms with van der Waals surface area (Å²) in [4.78, 5) is 0. The van der Waals surface area contributed by atoms with E-state index in [1.165, 1.54) is 0 Å². The second-order valence-electron chi connectivity index (χ2n) is 6.98. The largest absolute Gasteiger partial charge is 0.494 e. The van der Waals surface area contributed by atoms with Crippen molar-refractivity contribution in [2.75, 3.05) is 26.9 Å². The normalized spacial score (nSPS) is 22.8. The Balaban J connectivity index is 1.72. The second-order valence-corrected chi connectivity index (χ2v) is 6.98. The van der Waals surface area contributed by atoms with Crippen LogP contribution < -0.4 is 14.9 Å². The minimum atomic E-state index is -0.431. The van der Waals surface area contributed by atoms with E-state index in [-0.39, 0.29) is 17.5 Å². The van der Waals surface area contributed by atoms with Crippen LogP contribution in [0, 0.1) is 0 Å². The van der Waals surface area contributed by atoms with E-state index < -0.39 is 7.12 Å². The summed E-state index contributed by atoms with van der Waals surface area (Å²) >= 11 is 0. The van der Waals surface area contributed by atoms with Gasteiger partial charge in [0.15, 0.2) is 17.8 Å². The van der Waals surface area contributed by atoms with E-state index in [1.54, 1.807) is 7.11 Å². The third-order valence-electron chi connectivity index (χ3n) is 4.78. The Morgan fingerprint density at radius 1 is 1.04 bits per heavy atom. The van der Waals surface area contributed by atoms with Crippen LogP contribution in [0.25, 0.3) is 0 Å². The fraction of sp³-hybridized carbons (Fsp3) is 0.647. The molecular formula is C17H25BO6. The molecule has 132 valence electrons. The predicted molar refractivity (Wildman–Crippen MR) is 89.9 cm³/mol. The molecule has 1 aromatic rings. The van der Waals surface area contributed by atoms with Crippen molar-refractivity contribution in [2.24, 2.45) is 0 Å². The summed E-state index contributed by atoms with van der Waals surface area (Å²) in [7, 11) is 1.18. The molecule has 0 spiro atoms. The van der Waals surface area contributed by atoms with Crippen molar-refractivity contribution in [3.63, 3.8) is 0 Å². The van der Waals surface area contributed by atoms with E-state index in [9.17, 15) is 0 Å². The highest BCUT2D eigenvalue weighted by atomic mass is 16.7. The Labute approximate surface area is 143 Å². The van der Waals surface area contributed by atoms with Gasteiger partial charge in [0.1, 0.15) is 6.61 Å². The topological polar surface area (TPSA) is 55.4 Å². The fourth-order valence-corrected chi connectivity index (χ4v) is 2.59. The van der Waals surface area contributed by atoms with Crippen LogP contribution in [0.5, 0.6) is 11.5 Å². The summed E-state index contributed by atoms with van der Waals surface area (Å²) in [6, 6.07) is 5.67. The third-order valence-corrected chi connectivity index (χ3v) is 4.78. The molecule has 0 aromatic heterocycles. The predicted octanol–water partition coefficient (Wildman–Crippen LogP) is 1.75. The molecule has 0 radical (unpaired) electrons. The Morgan fingerprint density at radius 3 is 2.25 bits per heavy atom. The molecule has 2 aliphatic heterocycles. The van der Waals surface area contributed by atoms with Gasteiger partial charge in [-0.15, -0.1) is 0 Å². The molecule has 3 rings (SSSR count). The van der Waals surface area contributed by atoms with Crippen LogP contribution in [-0.2, 0) is 18.8 Å². The molecule has 7 heteroatoms. The summed E-state index contributed by atoms with van der Waals surface area (Å²) in [5.41, 5.74) is 0.139. The van der Waals surface area contributed by atoms with Gasteiger partial charge in [-0.2, -0.15) is 0 Å². The van der Waals surface area contributed by atoms with E-state index in [0.717, 1.165) is 5.46 Å². The Kier molecular flexibility index (Phi) is 4.79. The van der Waals surface area contributed by atoms with Crippen LogP contribution in [0.15, 0.2) is 18.2 Å². The van der Waals surface area contributed by atoms with Gasteiger partial charge in [0.2, 0.25) is 0 Å². The van der Waals surface area contributed by atoms with Crippen molar-refractivity contribution in [1.82, 2.24) is 0 Å². The van der Waals surface area contributed by atoms with Crippen LogP contribution in [0.2, 0.25) is 0 Å². The average Bonchev–Trinajstić information content (AvgIpc) is 3.11. The zero-order valence-electron chi connectivity index (χ0n) is 15.0. The molecule has 24 heavy (non-hydrogen) atoms. The SMILES string of the molecule is COc1cc(B2OC(C)(C)C(C)(C)O2)ccc1OCC1OCCO1. The van der Waals surface area contributed by atoms with Gasteiger partial charge in [0.25, 0.3) is 0 Å². The minimum Gasteiger partial charge on any atom is -0.493 e. The highest BCUT2D eigenvalue weighted by Crippen LogP contribution is 2.37. The first-order valence-corrected chi connectivity index (χ1v) is 8.22. The summed E-state index contributed by atoms with van der Waals surface area (Å²) < 4.78 is 34.1. The van der Waals surface area contributed by atoms with Crippen molar-refractivity contribution >= 4 is 12.6 Å². The smallest absolute Gasteiger partial charge is 0.493 e. The lowest BCUT2D eigenvalue weighted by atomic mass is 9.79. The molecule has 0 atom stereocenters. The number of rotatable bonds is 5. The first-order chi connectivity index (χ1) is 11.3. The average molecular weight is 336 g/mol. The van der Waals surface area contributed by atoms with Crippen LogP contribution in [0.1, 0.15) is 27.7 Å². The highest BCUT2D eigenvalue weighted by molar-refractivity contribution is 6.62. The van der Waals surface area contributed by atoms with E-state index in [4.69, 9.17) is 28.3 Å². The van der Waals surface area contributed by atoms with Gasteiger partial charge in [-0.25, -0.2) is 0 Å². The molecule has 2 fully saturated rings. The van der Waals surface area contributed by atoms with Crippen molar-refractivity contribution in [2.45, 2.75) is 45.2 Å². The maximum absolute atomic E-state index is 6.07.